The summed E-state index contributed by atoms with van der Waals surface area (Å²) in [5.74, 6) is 4.56. The van der Waals surface area contributed by atoms with Crippen molar-refractivity contribution in [3.8, 4) is 5.75 Å². The molecule has 3 aromatic rings. The Morgan fingerprint density at radius 3 is 2.57 bits per heavy atom. The van der Waals surface area contributed by atoms with Gasteiger partial charge in [0.2, 0.25) is 5.95 Å². The Balaban J connectivity index is 1.30. The number of aromatic amines is 1. The van der Waals surface area contributed by atoms with Crippen molar-refractivity contribution in [1.82, 2.24) is 19.9 Å². The second-order valence-corrected chi connectivity index (χ2v) is 12.2. The van der Waals surface area contributed by atoms with E-state index in [1.807, 2.05) is 12.4 Å². The second kappa shape index (κ2) is 8.83. The number of H-pyrrole nitrogens is 1. The largest absolute Gasteiger partial charge is 0.495 e. The van der Waals surface area contributed by atoms with E-state index in [0.717, 1.165) is 31.9 Å². The van der Waals surface area contributed by atoms with Crippen molar-refractivity contribution < 1.29 is 22.5 Å². The van der Waals surface area contributed by atoms with E-state index in [2.05, 4.69) is 30.5 Å². The van der Waals surface area contributed by atoms with Crippen molar-refractivity contribution in [2.45, 2.75) is 37.9 Å². The first-order valence-electron chi connectivity index (χ1n) is 12.1. The minimum Gasteiger partial charge on any atom is -0.495 e. The summed E-state index contributed by atoms with van der Waals surface area (Å²) in [6.45, 7) is 0.542. The molecule has 37 heavy (non-hydrogen) atoms. The molecule has 1 aliphatic heterocycles. The Hall–Kier alpha value is -3.46. The summed E-state index contributed by atoms with van der Waals surface area (Å²) < 4.78 is 59.9. The van der Waals surface area contributed by atoms with Crippen molar-refractivity contribution in [3.05, 3.63) is 54.0 Å². The van der Waals surface area contributed by atoms with Crippen molar-refractivity contribution >= 4 is 40.9 Å². The smallest absolute Gasteiger partial charge is 0.418 e. The van der Waals surface area contributed by atoms with Gasteiger partial charge >= 0.3 is 6.18 Å². The molecule has 8 nitrogen and oxygen atoms in total. The fraction of sp³-hybridized carbons (Fsp3) is 0.360. The number of aromatic nitrogens is 3. The van der Waals surface area contributed by atoms with Crippen LogP contribution in [0.3, 0.4) is 0 Å². The highest BCUT2D eigenvalue weighted by atomic mass is 31.2. The molecule has 0 amide bonds. The van der Waals surface area contributed by atoms with Gasteiger partial charge in [0.15, 0.2) is 7.14 Å². The first-order chi connectivity index (χ1) is 17.7. The Labute approximate surface area is 211 Å². The number of alkyl halides is 3. The minimum absolute atomic E-state index is 0.0702. The van der Waals surface area contributed by atoms with Crippen LogP contribution in [0.2, 0.25) is 0 Å². The zero-order valence-corrected chi connectivity index (χ0v) is 20.9. The Kier molecular flexibility index (Phi) is 5.71. The lowest BCUT2D eigenvalue weighted by Crippen LogP contribution is -2.15. The molecule has 0 unspecified atom stereocenters. The van der Waals surface area contributed by atoms with Crippen molar-refractivity contribution in [3.63, 3.8) is 0 Å². The van der Waals surface area contributed by atoms with Gasteiger partial charge in [0, 0.05) is 36.5 Å². The number of halogens is 3. The molecule has 3 heterocycles. The number of anilines is 3. The average molecular weight is 530 g/mol. The summed E-state index contributed by atoms with van der Waals surface area (Å²) in [7, 11) is -1.39. The lowest BCUT2D eigenvalue weighted by Gasteiger charge is -2.22. The van der Waals surface area contributed by atoms with Crippen LogP contribution in [0.1, 0.15) is 31.2 Å². The molecule has 6 rings (SSSR count). The van der Waals surface area contributed by atoms with Gasteiger partial charge in [-0.15, -0.1) is 0 Å². The molecule has 12 heteroatoms. The average Bonchev–Trinajstić information content (AvgIpc) is 3.80. The minimum atomic E-state index is -4.54. The molecule has 3 aliphatic rings. The van der Waals surface area contributed by atoms with E-state index in [0.29, 0.717) is 35.2 Å². The molecular weight excluding hydrogens is 504 g/mol. The van der Waals surface area contributed by atoms with E-state index in [9.17, 15) is 17.7 Å². The van der Waals surface area contributed by atoms with Crippen LogP contribution in [-0.4, -0.2) is 39.5 Å². The summed E-state index contributed by atoms with van der Waals surface area (Å²) >= 11 is 0. The first-order valence-corrected chi connectivity index (χ1v) is 14.0. The number of nitrogens with one attached hydrogen (secondary N) is 3. The quantitative estimate of drug-likeness (QED) is 0.310. The predicted molar refractivity (Wildman–Crippen MR) is 137 cm³/mol. The predicted octanol–water partition coefficient (Wildman–Crippen LogP) is 5.96. The lowest BCUT2D eigenvalue weighted by atomic mass is 10.2. The van der Waals surface area contributed by atoms with Gasteiger partial charge in [-0.05, 0) is 61.4 Å². The molecule has 0 spiro atoms. The summed E-state index contributed by atoms with van der Waals surface area (Å²) in [5.41, 5.74) is -0.244. The summed E-state index contributed by atoms with van der Waals surface area (Å²) in [4.78, 5) is 13.4. The number of rotatable bonds is 8. The number of fused-ring (bicyclic) bond motifs is 1. The normalized spacial score (nSPS) is 18.9. The third-order valence-corrected chi connectivity index (χ3v) is 9.05. The maximum Gasteiger partial charge on any atom is 0.418 e. The molecule has 0 saturated heterocycles. The van der Waals surface area contributed by atoms with Gasteiger partial charge in [-0.3, -0.25) is 0 Å². The number of hydrogen-bond acceptors (Lipinski definition) is 7. The molecular formula is C25H26F3N6O2P. The third kappa shape index (κ3) is 4.80. The second-order valence-electron chi connectivity index (χ2n) is 9.64. The highest BCUT2D eigenvalue weighted by Gasteiger charge is 2.36. The Morgan fingerprint density at radius 2 is 1.92 bits per heavy atom. The lowest BCUT2D eigenvalue weighted by molar-refractivity contribution is -0.136. The van der Waals surface area contributed by atoms with Crippen LogP contribution in [-0.2, 0) is 10.7 Å². The van der Waals surface area contributed by atoms with E-state index in [4.69, 9.17) is 4.74 Å². The van der Waals surface area contributed by atoms with Gasteiger partial charge in [-0.2, -0.15) is 23.1 Å². The van der Waals surface area contributed by atoms with Crippen LogP contribution < -0.4 is 20.7 Å². The van der Waals surface area contributed by atoms with Crippen LogP contribution in [0.25, 0.3) is 11.0 Å². The third-order valence-electron chi connectivity index (χ3n) is 6.82. The van der Waals surface area contributed by atoms with E-state index in [-0.39, 0.29) is 22.8 Å². The van der Waals surface area contributed by atoms with E-state index < -0.39 is 18.9 Å². The van der Waals surface area contributed by atoms with Gasteiger partial charge in [-0.25, -0.2) is 0 Å². The highest BCUT2D eigenvalue weighted by molar-refractivity contribution is 7.77. The van der Waals surface area contributed by atoms with Crippen molar-refractivity contribution in [2.75, 3.05) is 24.3 Å². The molecule has 0 radical (unpaired) electrons. The summed E-state index contributed by atoms with van der Waals surface area (Å²) in [6, 6.07) is 5.65. The van der Waals surface area contributed by atoms with Crippen molar-refractivity contribution in [1.29, 1.82) is 0 Å². The zero-order chi connectivity index (χ0) is 25.8. The molecule has 2 fully saturated rings. The monoisotopic (exact) mass is 530 g/mol. The van der Waals surface area contributed by atoms with Crippen LogP contribution >= 0.6 is 7.14 Å². The van der Waals surface area contributed by atoms with Crippen molar-refractivity contribution in [2.24, 2.45) is 5.92 Å². The van der Waals surface area contributed by atoms with E-state index in [1.165, 1.54) is 7.11 Å². The molecule has 3 N–H and O–H groups in total. The molecule has 2 aromatic heterocycles. The number of benzene rings is 1. The number of methoxy groups -OCH3 is 1. The zero-order valence-electron chi connectivity index (χ0n) is 20.0. The van der Waals surface area contributed by atoms with Crippen LogP contribution in [0, 0.1) is 5.92 Å². The molecule has 0 bridgehead atoms. The fourth-order valence-electron chi connectivity index (χ4n) is 4.36. The SMILES string of the molecule is COc1cc(P2(=O)C=CN(C3CC3)C=C2)ccc1Nc1nc(NCC2CC2)c2c(C(F)(F)F)c[nH]c2n1. The standard InChI is InChI=1S/C25H26F3N6O2P/c1-36-20-12-17(37(35)10-8-34(9-11-37)16-4-5-16)6-7-19(20)31-24-32-22(29-13-15-2-3-15)21-18(25(26,27)28)14-30-23(21)33-24/h6-12,14-16H,2-5,13H2,1H3,(H3,29,30,31,32,33). The van der Waals surface area contributed by atoms with E-state index >= 15 is 0 Å². The molecule has 0 atom stereocenters. The fourth-order valence-corrected chi connectivity index (χ4v) is 6.14. The van der Waals surface area contributed by atoms with Gasteiger partial charge < -0.3 is 29.8 Å². The topological polar surface area (TPSA) is 95.2 Å². The maximum absolute atomic E-state index is 13.6. The van der Waals surface area contributed by atoms with E-state index in [1.54, 1.807) is 29.8 Å². The molecule has 1 aromatic carbocycles. The van der Waals surface area contributed by atoms with Gasteiger partial charge in [0.1, 0.15) is 17.2 Å². The number of nitrogens with zero attached hydrogens (tertiary/aromatic N) is 3. The van der Waals surface area contributed by atoms with Gasteiger partial charge in [-0.1, -0.05) is 0 Å². The number of ether oxygens (including phenoxy) is 1. The van der Waals surface area contributed by atoms with Gasteiger partial charge in [0.25, 0.3) is 0 Å². The van der Waals surface area contributed by atoms with Crippen LogP contribution in [0.15, 0.2) is 48.4 Å². The highest BCUT2D eigenvalue weighted by Crippen LogP contribution is 2.51. The number of hydrogen-bond donors (Lipinski definition) is 3. The maximum atomic E-state index is 13.6. The molecule has 2 saturated carbocycles. The first kappa shape index (κ1) is 23.9. The molecule has 2 aliphatic carbocycles. The Morgan fingerprint density at radius 1 is 1.16 bits per heavy atom. The Bertz CT molecular complexity index is 1440. The van der Waals surface area contributed by atoms with Crippen LogP contribution in [0.4, 0.5) is 30.6 Å². The summed E-state index contributed by atoms with van der Waals surface area (Å²) in [6.07, 6.45) is 4.49. The summed E-state index contributed by atoms with van der Waals surface area (Å²) in [5, 5.41) is 6.66. The van der Waals surface area contributed by atoms with Gasteiger partial charge in [0.05, 0.1) is 23.7 Å². The van der Waals surface area contributed by atoms with Crippen LogP contribution in [0.5, 0.6) is 5.75 Å². The molecule has 194 valence electrons.